The van der Waals surface area contributed by atoms with Gasteiger partial charge in [0.25, 0.3) is 0 Å². The fraction of sp³-hybridized carbons (Fsp3) is 0.688. The fourth-order valence-electron chi connectivity index (χ4n) is 1.95. The van der Waals surface area contributed by atoms with Gasteiger partial charge >= 0.3 is 6.09 Å². The van der Waals surface area contributed by atoms with E-state index in [0.717, 1.165) is 12.2 Å². The van der Waals surface area contributed by atoms with E-state index in [1.165, 1.54) is 13.5 Å². The molecule has 0 aliphatic rings. The number of hydrogen-bond donors (Lipinski definition) is 1. The highest BCUT2D eigenvalue weighted by Crippen LogP contribution is 2.24. The van der Waals surface area contributed by atoms with Gasteiger partial charge in [-0.2, -0.15) is 0 Å². The molecule has 1 heterocycles. The van der Waals surface area contributed by atoms with Crippen LogP contribution in [0, 0.1) is 0 Å². The topological polar surface area (TPSA) is 76.6 Å². The van der Waals surface area contributed by atoms with E-state index in [1.807, 2.05) is 6.92 Å². The van der Waals surface area contributed by atoms with Gasteiger partial charge in [0.2, 0.25) is 5.88 Å². The van der Waals surface area contributed by atoms with E-state index in [2.05, 4.69) is 45.7 Å². The summed E-state index contributed by atoms with van der Waals surface area (Å²) in [6, 6.07) is 0.0445. The lowest BCUT2D eigenvalue weighted by Crippen LogP contribution is -2.36. The van der Waals surface area contributed by atoms with Crippen LogP contribution < -0.4 is 10.1 Å². The molecule has 1 N–H and O–H groups in total. The molecule has 0 aliphatic carbocycles. The van der Waals surface area contributed by atoms with Crippen LogP contribution in [-0.4, -0.2) is 54.8 Å². The predicted molar refractivity (Wildman–Crippen MR) is 90.6 cm³/mol. The van der Waals surface area contributed by atoms with Gasteiger partial charge in [0, 0.05) is 25.5 Å². The Labute approximate surface area is 139 Å². The molecule has 7 heteroatoms. The highest BCUT2D eigenvalue weighted by Gasteiger charge is 2.20. The molecule has 1 rings (SSSR count). The molecule has 0 spiro atoms. The van der Waals surface area contributed by atoms with Crippen molar-refractivity contribution in [3.05, 3.63) is 18.1 Å². The van der Waals surface area contributed by atoms with Gasteiger partial charge in [0.1, 0.15) is 5.69 Å². The Kier molecular flexibility index (Phi) is 11.6. The maximum absolute atomic E-state index is 11.0. The van der Waals surface area contributed by atoms with Crippen LogP contribution in [0.3, 0.4) is 0 Å². The summed E-state index contributed by atoms with van der Waals surface area (Å²) < 4.78 is 9.77. The van der Waals surface area contributed by atoms with Gasteiger partial charge in [-0.1, -0.05) is 27.2 Å². The van der Waals surface area contributed by atoms with Gasteiger partial charge in [-0.05, 0) is 13.5 Å². The summed E-state index contributed by atoms with van der Waals surface area (Å²) in [5.41, 5.74) is 0.787. The van der Waals surface area contributed by atoms with Crippen LogP contribution in [0.5, 0.6) is 5.88 Å². The van der Waals surface area contributed by atoms with E-state index < -0.39 is 6.09 Å². The van der Waals surface area contributed by atoms with Crippen LogP contribution in [0.4, 0.5) is 4.79 Å². The highest BCUT2D eigenvalue weighted by atomic mass is 16.5. The molecule has 0 bridgehead atoms. The van der Waals surface area contributed by atoms with E-state index in [1.54, 1.807) is 19.5 Å². The molecule has 1 aromatic rings. The summed E-state index contributed by atoms with van der Waals surface area (Å²) in [4.78, 5) is 21.7. The molecule has 1 aromatic heterocycles. The van der Waals surface area contributed by atoms with Crippen LogP contribution in [0.25, 0.3) is 0 Å². The number of likely N-dealkylation sites (N-methyl/N-ethyl adjacent to an activating group) is 1. The number of carbonyl (C=O) groups excluding carboxylic acids is 1. The lowest BCUT2D eigenvalue weighted by Gasteiger charge is -2.27. The van der Waals surface area contributed by atoms with E-state index in [-0.39, 0.29) is 6.04 Å². The monoisotopic (exact) mass is 326 g/mol. The molecule has 23 heavy (non-hydrogen) atoms. The van der Waals surface area contributed by atoms with Crippen LogP contribution in [0.2, 0.25) is 0 Å². The second-order valence-electron chi connectivity index (χ2n) is 4.88. The van der Waals surface area contributed by atoms with Gasteiger partial charge in [0.05, 0.1) is 20.3 Å². The molecule has 132 valence electrons. The predicted octanol–water partition coefficient (Wildman–Crippen LogP) is 2.64. The third-order valence-corrected chi connectivity index (χ3v) is 3.09. The first kappa shape index (κ1) is 21.1. The summed E-state index contributed by atoms with van der Waals surface area (Å²) in [5.74, 6) is 0.527. The van der Waals surface area contributed by atoms with Crippen LogP contribution in [0.15, 0.2) is 12.4 Å². The van der Waals surface area contributed by atoms with Gasteiger partial charge in [-0.25, -0.2) is 9.78 Å². The minimum absolute atomic E-state index is 0.0445. The summed E-state index contributed by atoms with van der Waals surface area (Å²) >= 11 is 0. The largest absolute Gasteiger partial charge is 0.480 e. The van der Waals surface area contributed by atoms with E-state index in [4.69, 9.17) is 4.74 Å². The Morgan fingerprint density at radius 2 is 1.87 bits per heavy atom. The summed E-state index contributed by atoms with van der Waals surface area (Å²) in [6.07, 6.45) is 4.07. The van der Waals surface area contributed by atoms with Crippen molar-refractivity contribution in [2.45, 2.75) is 40.2 Å². The van der Waals surface area contributed by atoms with Gasteiger partial charge in [-0.3, -0.25) is 9.88 Å². The number of rotatable bonds is 7. The molecule has 7 nitrogen and oxygen atoms in total. The highest BCUT2D eigenvalue weighted by molar-refractivity contribution is 5.66. The lowest BCUT2D eigenvalue weighted by atomic mass is 10.2. The first-order valence-corrected chi connectivity index (χ1v) is 7.96. The fourth-order valence-corrected chi connectivity index (χ4v) is 1.95. The second kappa shape index (κ2) is 12.6. The zero-order valence-corrected chi connectivity index (χ0v) is 15.1. The SMILES string of the molecule is CCC.CCN(CCNC(=O)OC)C(C)c1nccnc1OC. The third kappa shape index (κ3) is 7.78. The Hall–Kier alpha value is -1.89. The Balaban J connectivity index is 0.00000149. The first-order chi connectivity index (χ1) is 11.0. The maximum atomic E-state index is 11.0. The minimum Gasteiger partial charge on any atom is -0.480 e. The molecule has 0 aliphatic heterocycles. The van der Waals surface area contributed by atoms with Crippen LogP contribution in [0.1, 0.15) is 45.9 Å². The van der Waals surface area contributed by atoms with Crippen LogP contribution in [-0.2, 0) is 4.74 Å². The molecule has 0 radical (unpaired) electrons. The number of alkyl carbamates (subject to hydrolysis) is 1. The Morgan fingerprint density at radius 3 is 2.39 bits per heavy atom. The van der Waals surface area contributed by atoms with E-state index >= 15 is 0 Å². The molecule has 0 aromatic carbocycles. The number of methoxy groups -OCH3 is 2. The Morgan fingerprint density at radius 1 is 1.26 bits per heavy atom. The summed E-state index contributed by atoms with van der Waals surface area (Å²) in [7, 11) is 2.93. The van der Waals surface area contributed by atoms with E-state index in [9.17, 15) is 4.79 Å². The van der Waals surface area contributed by atoms with Crippen molar-refractivity contribution < 1.29 is 14.3 Å². The van der Waals surface area contributed by atoms with Crippen molar-refractivity contribution >= 4 is 6.09 Å². The quantitative estimate of drug-likeness (QED) is 0.830. The molecule has 1 unspecified atom stereocenters. The first-order valence-electron chi connectivity index (χ1n) is 7.96. The number of hydrogen-bond acceptors (Lipinski definition) is 6. The second-order valence-corrected chi connectivity index (χ2v) is 4.88. The molecule has 1 atom stereocenters. The Bertz CT molecular complexity index is 443. The smallest absolute Gasteiger partial charge is 0.406 e. The zero-order chi connectivity index (χ0) is 17.7. The standard InChI is InChI=1S/C13H22N4O3.C3H8/c1-5-17(9-8-16-13(18)20-4)10(2)11-12(19-3)15-7-6-14-11;1-3-2/h6-7,10H,5,8-9H2,1-4H3,(H,16,18);3H2,1-2H3. The summed E-state index contributed by atoms with van der Waals surface area (Å²) in [6.45, 7) is 10.4. The van der Waals surface area contributed by atoms with Gasteiger partial charge in [-0.15, -0.1) is 0 Å². The maximum Gasteiger partial charge on any atom is 0.406 e. The van der Waals surface area contributed by atoms with Gasteiger partial charge < -0.3 is 14.8 Å². The number of ether oxygens (including phenoxy) is 2. The van der Waals surface area contributed by atoms with Gasteiger partial charge in [0.15, 0.2) is 0 Å². The van der Waals surface area contributed by atoms with E-state index in [0.29, 0.717) is 19.0 Å². The average molecular weight is 326 g/mol. The van der Waals surface area contributed by atoms with Crippen molar-refractivity contribution in [3.8, 4) is 5.88 Å². The van der Waals surface area contributed by atoms with Crippen molar-refractivity contribution in [2.75, 3.05) is 33.9 Å². The zero-order valence-electron chi connectivity index (χ0n) is 15.1. The third-order valence-electron chi connectivity index (χ3n) is 3.09. The molecule has 0 saturated carbocycles. The van der Waals surface area contributed by atoms with Crippen molar-refractivity contribution in [3.63, 3.8) is 0 Å². The van der Waals surface area contributed by atoms with Crippen molar-refractivity contribution in [2.24, 2.45) is 0 Å². The normalized spacial score (nSPS) is 11.3. The van der Waals surface area contributed by atoms with Crippen molar-refractivity contribution in [1.82, 2.24) is 20.2 Å². The molecule has 0 saturated heterocycles. The number of amides is 1. The average Bonchev–Trinajstić information content (AvgIpc) is 2.58. The number of nitrogens with zero attached hydrogens (tertiary/aromatic N) is 3. The number of aromatic nitrogens is 2. The molecular weight excluding hydrogens is 296 g/mol. The summed E-state index contributed by atoms with van der Waals surface area (Å²) in [5, 5.41) is 2.66. The molecule has 1 amide bonds. The van der Waals surface area contributed by atoms with Crippen molar-refractivity contribution in [1.29, 1.82) is 0 Å². The number of carbonyl (C=O) groups is 1. The number of nitrogens with one attached hydrogen (secondary N) is 1. The van der Waals surface area contributed by atoms with Crippen LogP contribution >= 0.6 is 0 Å². The molecule has 0 fully saturated rings. The minimum atomic E-state index is -0.425. The lowest BCUT2D eigenvalue weighted by molar-refractivity contribution is 0.165. The molecular formula is C16H30N4O3.